The van der Waals surface area contributed by atoms with Crippen molar-refractivity contribution in [2.75, 3.05) is 6.61 Å². The van der Waals surface area contributed by atoms with Gasteiger partial charge in [-0.25, -0.2) is 0 Å². The van der Waals surface area contributed by atoms with Crippen LogP contribution in [0.2, 0.25) is 0 Å². The highest BCUT2D eigenvalue weighted by Crippen LogP contribution is 2.24. The first-order chi connectivity index (χ1) is 14.1. The molecular weight excluding hydrogens is 382 g/mol. The monoisotopic (exact) mass is 409 g/mol. The SMILES string of the molecule is CCCOc1ccccc1/C=N\N=C1\NC(=O)[C@H](Cc2ccc(C(C)C)cc2)S1. The molecule has 1 amide bonds. The minimum atomic E-state index is -0.186. The van der Waals surface area contributed by atoms with E-state index in [0.29, 0.717) is 24.1 Å². The van der Waals surface area contributed by atoms with Gasteiger partial charge in [0.1, 0.15) is 5.75 Å². The molecule has 1 heterocycles. The number of carbonyl (C=O) groups excluding carboxylic acids is 1. The molecule has 0 unspecified atom stereocenters. The largest absolute Gasteiger partial charge is 0.493 e. The van der Waals surface area contributed by atoms with E-state index >= 15 is 0 Å². The van der Waals surface area contributed by atoms with Gasteiger partial charge in [-0.15, -0.1) is 5.10 Å². The lowest BCUT2D eigenvalue weighted by Crippen LogP contribution is -2.25. The summed E-state index contributed by atoms with van der Waals surface area (Å²) < 4.78 is 5.72. The van der Waals surface area contributed by atoms with E-state index < -0.39 is 0 Å². The Kier molecular flexibility index (Phi) is 7.47. The van der Waals surface area contributed by atoms with Gasteiger partial charge in [-0.05, 0) is 42.0 Å². The summed E-state index contributed by atoms with van der Waals surface area (Å²) in [7, 11) is 0. The van der Waals surface area contributed by atoms with Gasteiger partial charge in [0.2, 0.25) is 5.91 Å². The fraction of sp³-hybridized carbons (Fsp3) is 0.348. The Labute approximate surface area is 176 Å². The third-order valence-electron chi connectivity index (χ3n) is 4.57. The zero-order chi connectivity index (χ0) is 20.6. The van der Waals surface area contributed by atoms with Crippen molar-refractivity contribution in [3.8, 4) is 5.75 Å². The molecule has 0 spiro atoms. The van der Waals surface area contributed by atoms with Crippen molar-refractivity contribution >= 4 is 29.1 Å². The van der Waals surface area contributed by atoms with E-state index in [-0.39, 0.29) is 11.2 Å². The summed E-state index contributed by atoms with van der Waals surface area (Å²) in [5.74, 6) is 1.26. The van der Waals surface area contributed by atoms with Crippen LogP contribution in [0.1, 0.15) is 49.8 Å². The quantitative estimate of drug-likeness (QED) is 0.505. The molecule has 0 aliphatic carbocycles. The van der Waals surface area contributed by atoms with Gasteiger partial charge in [0.05, 0.1) is 18.1 Å². The number of amides is 1. The third kappa shape index (κ3) is 5.94. The number of nitrogens with one attached hydrogen (secondary N) is 1. The van der Waals surface area contributed by atoms with Gasteiger partial charge in [0, 0.05) is 5.56 Å². The first-order valence-electron chi connectivity index (χ1n) is 9.96. The Morgan fingerprint density at radius 1 is 1.17 bits per heavy atom. The van der Waals surface area contributed by atoms with E-state index in [1.165, 1.54) is 17.3 Å². The van der Waals surface area contributed by atoms with Crippen LogP contribution in [0.25, 0.3) is 0 Å². The van der Waals surface area contributed by atoms with Crippen LogP contribution in [0.15, 0.2) is 58.7 Å². The van der Waals surface area contributed by atoms with Gasteiger partial charge in [-0.2, -0.15) is 5.10 Å². The van der Waals surface area contributed by atoms with Crippen molar-refractivity contribution in [3.05, 3.63) is 65.2 Å². The molecule has 1 N–H and O–H groups in total. The minimum Gasteiger partial charge on any atom is -0.493 e. The Morgan fingerprint density at radius 3 is 2.66 bits per heavy atom. The molecule has 1 fully saturated rings. The molecule has 2 aromatic rings. The summed E-state index contributed by atoms with van der Waals surface area (Å²) in [5, 5.41) is 11.5. The number of nitrogens with zero attached hydrogens (tertiary/aromatic N) is 2. The lowest BCUT2D eigenvalue weighted by molar-refractivity contribution is -0.118. The summed E-state index contributed by atoms with van der Waals surface area (Å²) in [4.78, 5) is 12.3. The Bertz CT molecular complexity index is 891. The molecule has 6 heteroatoms. The fourth-order valence-electron chi connectivity index (χ4n) is 2.91. The summed E-state index contributed by atoms with van der Waals surface area (Å²) in [6, 6.07) is 16.2. The second kappa shape index (κ2) is 10.3. The summed E-state index contributed by atoms with van der Waals surface area (Å²) in [6.07, 6.45) is 3.27. The van der Waals surface area contributed by atoms with Crippen LogP contribution in [0.4, 0.5) is 0 Å². The molecule has 5 nitrogen and oxygen atoms in total. The van der Waals surface area contributed by atoms with Gasteiger partial charge >= 0.3 is 0 Å². The zero-order valence-electron chi connectivity index (χ0n) is 17.1. The van der Waals surface area contributed by atoms with Crippen molar-refractivity contribution in [2.45, 2.75) is 44.8 Å². The number of para-hydroxylation sites is 1. The number of rotatable bonds is 8. The lowest BCUT2D eigenvalue weighted by Gasteiger charge is -2.08. The second-order valence-electron chi connectivity index (χ2n) is 7.23. The number of ether oxygens (including phenoxy) is 1. The smallest absolute Gasteiger partial charge is 0.239 e. The average molecular weight is 410 g/mol. The molecule has 0 aromatic heterocycles. The number of hydrogen-bond acceptors (Lipinski definition) is 5. The topological polar surface area (TPSA) is 63.1 Å². The normalized spacial score (nSPS) is 18.0. The summed E-state index contributed by atoms with van der Waals surface area (Å²) in [5.41, 5.74) is 3.31. The molecule has 1 atom stereocenters. The van der Waals surface area contributed by atoms with E-state index in [1.807, 2.05) is 24.3 Å². The number of benzene rings is 2. The molecular formula is C23H27N3O2S. The maximum Gasteiger partial charge on any atom is 0.239 e. The molecule has 152 valence electrons. The Hall–Kier alpha value is -2.60. The Morgan fingerprint density at radius 2 is 1.93 bits per heavy atom. The van der Waals surface area contributed by atoms with Crippen molar-refractivity contribution in [1.29, 1.82) is 0 Å². The van der Waals surface area contributed by atoms with E-state index in [0.717, 1.165) is 23.3 Å². The number of carbonyl (C=O) groups is 1. The standard InChI is InChI=1S/C23H27N3O2S/c1-4-13-28-20-8-6-5-7-19(20)15-24-26-23-25-22(27)21(29-23)14-17-9-11-18(12-10-17)16(2)3/h5-12,15-16,21H,4,13-14H2,1-3H3,(H,25,26,27)/b24-15-/t21-/m0/s1. The van der Waals surface area contributed by atoms with Crippen molar-refractivity contribution in [1.82, 2.24) is 5.32 Å². The second-order valence-corrected chi connectivity index (χ2v) is 8.42. The highest BCUT2D eigenvalue weighted by molar-refractivity contribution is 8.15. The summed E-state index contributed by atoms with van der Waals surface area (Å²) >= 11 is 1.42. The Balaban J connectivity index is 1.61. The van der Waals surface area contributed by atoms with E-state index in [2.05, 4.69) is 60.6 Å². The van der Waals surface area contributed by atoms with Crippen molar-refractivity contribution < 1.29 is 9.53 Å². The van der Waals surface area contributed by atoms with Crippen LogP contribution in [-0.2, 0) is 11.2 Å². The maximum atomic E-state index is 12.3. The molecule has 0 radical (unpaired) electrons. The number of hydrogen-bond donors (Lipinski definition) is 1. The highest BCUT2D eigenvalue weighted by Gasteiger charge is 2.30. The molecule has 1 saturated heterocycles. The lowest BCUT2D eigenvalue weighted by atomic mass is 10.0. The molecule has 1 aliphatic rings. The molecule has 29 heavy (non-hydrogen) atoms. The number of amidine groups is 1. The van der Waals surface area contributed by atoms with Crippen LogP contribution in [0.5, 0.6) is 5.75 Å². The maximum absolute atomic E-state index is 12.3. The van der Waals surface area contributed by atoms with E-state index in [9.17, 15) is 4.79 Å². The highest BCUT2D eigenvalue weighted by atomic mass is 32.2. The first-order valence-corrected chi connectivity index (χ1v) is 10.8. The molecule has 0 saturated carbocycles. The van der Waals surface area contributed by atoms with Gasteiger partial charge < -0.3 is 10.1 Å². The van der Waals surface area contributed by atoms with Gasteiger partial charge in [0.25, 0.3) is 0 Å². The van der Waals surface area contributed by atoms with Gasteiger partial charge in [-0.1, -0.05) is 68.9 Å². The predicted molar refractivity (Wildman–Crippen MR) is 121 cm³/mol. The third-order valence-corrected chi connectivity index (χ3v) is 5.64. The van der Waals surface area contributed by atoms with Crippen molar-refractivity contribution in [2.24, 2.45) is 10.2 Å². The van der Waals surface area contributed by atoms with Gasteiger partial charge in [0.15, 0.2) is 5.17 Å². The minimum absolute atomic E-state index is 0.0245. The summed E-state index contributed by atoms with van der Waals surface area (Å²) in [6.45, 7) is 7.07. The number of thioether (sulfide) groups is 1. The van der Waals surface area contributed by atoms with Crippen LogP contribution in [-0.4, -0.2) is 29.1 Å². The first kappa shape index (κ1) is 21.1. The van der Waals surface area contributed by atoms with Crippen LogP contribution >= 0.6 is 11.8 Å². The zero-order valence-corrected chi connectivity index (χ0v) is 17.9. The molecule has 2 aromatic carbocycles. The van der Waals surface area contributed by atoms with Crippen LogP contribution in [0.3, 0.4) is 0 Å². The predicted octanol–water partition coefficient (Wildman–Crippen LogP) is 4.76. The van der Waals surface area contributed by atoms with Crippen molar-refractivity contribution in [3.63, 3.8) is 0 Å². The molecule has 1 aliphatic heterocycles. The average Bonchev–Trinajstić information content (AvgIpc) is 3.06. The van der Waals surface area contributed by atoms with E-state index in [1.54, 1.807) is 6.21 Å². The molecule has 3 rings (SSSR count). The fourth-order valence-corrected chi connectivity index (χ4v) is 3.88. The van der Waals surface area contributed by atoms with Crippen LogP contribution in [0, 0.1) is 0 Å². The molecule has 0 bridgehead atoms. The van der Waals surface area contributed by atoms with E-state index in [4.69, 9.17) is 4.74 Å². The van der Waals surface area contributed by atoms with Crippen LogP contribution < -0.4 is 10.1 Å². The van der Waals surface area contributed by atoms with Gasteiger partial charge in [-0.3, -0.25) is 4.79 Å².